The molecule has 1 aromatic rings. The predicted octanol–water partition coefficient (Wildman–Crippen LogP) is 3.03. The summed E-state index contributed by atoms with van der Waals surface area (Å²) in [6.07, 6.45) is 2.17. The van der Waals surface area contributed by atoms with Gasteiger partial charge in [-0.25, -0.2) is 5.43 Å². The lowest BCUT2D eigenvalue weighted by Gasteiger charge is -2.20. The van der Waals surface area contributed by atoms with E-state index in [0.717, 1.165) is 18.7 Å². The fourth-order valence-electron chi connectivity index (χ4n) is 1.96. The van der Waals surface area contributed by atoms with Gasteiger partial charge in [-0.3, -0.25) is 4.79 Å². The summed E-state index contributed by atoms with van der Waals surface area (Å²) in [6, 6.07) is 8.16. The molecule has 0 aliphatic carbocycles. The molecule has 0 radical (unpaired) electrons. The number of nitrogens with one attached hydrogen (secondary N) is 1. The van der Waals surface area contributed by atoms with Crippen molar-refractivity contribution >= 4 is 17.8 Å². The predicted molar refractivity (Wildman–Crippen MR) is 85.2 cm³/mol. The van der Waals surface area contributed by atoms with E-state index in [9.17, 15) is 4.79 Å². The number of hydrazone groups is 1. The minimum absolute atomic E-state index is 0.0454. The molecule has 0 aromatic heterocycles. The number of anilines is 1. The molecule has 0 unspecified atom stereocenters. The third-order valence-corrected chi connectivity index (χ3v) is 3.02. The molecule has 1 rings (SSSR count). The second-order valence-electron chi connectivity index (χ2n) is 5.15. The molecule has 0 spiro atoms. The Morgan fingerprint density at radius 2 is 1.85 bits per heavy atom. The summed E-state index contributed by atoms with van der Waals surface area (Å²) in [6.45, 7) is 10.3. The minimum atomic E-state index is -0.0454. The number of carbonyl (C=O) groups excluding carboxylic acids is 1. The summed E-state index contributed by atoms with van der Waals surface area (Å²) in [5, 5.41) is 3.97. The van der Waals surface area contributed by atoms with E-state index in [1.54, 1.807) is 6.21 Å². The first-order valence-electron chi connectivity index (χ1n) is 7.23. The van der Waals surface area contributed by atoms with Gasteiger partial charge in [0.05, 0.1) is 6.21 Å². The van der Waals surface area contributed by atoms with Crippen LogP contribution >= 0.6 is 0 Å². The smallest absolute Gasteiger partial charge is 0.240 e. The number of hydrogen-bond donors (Lipinski definition) is 1. The van der Waals surface area contributed by atoms with Crippen LogP contribution in [-0.4, -0.2) is 25.2 Å². The van der Waals surface area contributed by atoms with Crippen LogP contribution in [0.25, 0.3) is 0 Å². The Morgan fingerprint density at radius 3 is 2.35 bits per heavy atom. The largest absolute Gasteiger partial charge is 0.372 e. The molecule has 4 nitrogen and oxygen atoms in total. The topological polar surface area (TPSA) is 44.7 Å². The molecule has 0 atom stereocenters. The molecule has 0 bridgehead atoms. The first-order valence-corrected chi connectivity index (χ1v) is 7.23. The Morgan fingerprint density at radius 1 is 1.25 bits per heavy atom. The van der Waals surface area contributed by atoms with Gasteiger partial charge < -0.3 is 4.90 Å². The molecule has 1 amide bonds. The average Bonchev–Trinajstić information content (AvgIpc) is 2.41. The van der Waals surface area contributed by atoms with Gasteiger partial charge >= 0.3 is 0 Å². The molecular weight excluding hydrogens is 250 g/mol. The highest BCUT2D eigenvalue weighted by atomic mass is 16.2. The van der Waals surface area contributed by atoms with Crippen molar-refractivity contribution in [3.8, 4) is 0 Å². The monoisotopic (exact) mass is 275 g/mol. The van der Waals surface area contributed by atoms with E-state index in [4.69, 9.17) is 0 Å². The molecule has 0 aliphatic heterocycles. The Kier molecular flexibility index (Phi) is 6.77. The van der Waals surface area contributed by atoms with Gasteiger partial charge in [-0.1, -0.05) is 26.0 Å². The van der Waals surface area contributed by atoms with Crippen LogP contribution in [0.1, 0.15) is 39.7 Å². The van der Waals surface area contributed by atoms with Gasteiger partial charge in [-0.05, 0) is 37.5 Å². The van der Waals surface area contributed by atoms with E-state index in [2.05, 4.69) is 41.4 Å². The number of nitrogens with zero attached hydrogens (tertiary/aromatic N) is 2. The number of carbonyl (C=O) groups is 1. The summed E-state index contributed by atoms with van der Waals surface area (Å²) in [5.41, 5.74) is 4.72. The summed E-state index contributed by atoms with van der Waals surface area (Å²) in [5.74, 6) is 0.301. The van der Waals surface area contributed by atoms with Crippen LogP contribution in [0.5, 0.6) is 0 Å². The zero-order valence-electron chi connectivity index (χ0n) is 12.9. The first-order chi connectivity index (χ1) is 9.56. The molecule has 110 valence electrons. The van der Waals surface area contributed by atoms with Crippen LogP contribution in [0.3, 0.4) is 0 Å². The molecule has 0 saturated carbocycles. The fourth-order valence-corrected chi connectivity index (χ4v) is 1.96. The minimum Gasteiger partial charge on any atom is -0.372 e. The molecule has 0 aliphatic rings. The van der Waals surface area contributed by atoms with Gasteiger partial charge in [0.2, 0.25) is 5.91 Å². The van der Waals surface area contributed by atoms with Gasteiger partial charge in [-0.2, -0.15) is 5.10 Å². The summed E-state index contributed by atoms with van der Waals surface area (Å²) >= 11 is 0. The summed E-state index contributed by atoms with van der Waals surface area (Å²) in [7, 11) is 0. The molecule has 0 saturated heterocycles. The lowest BCUT2D eigenvalue weighted by Crippen LogP contribution is -2.21. The standard InChI is InChI=1S/C16H25N3O/c1-5-19(6-2)15-9-7-14(8-10-15)12-17-18-16(20)11-13(3)4/h7-10,12-13H,5-6,11H2,1-4H3,(H,18,20). The normalized spacial score (nSPS) is 11.1. The highest BCUT2D eigenvalue weighted by Crippen LogP contribution is 2.13. The maximum atomic E-state index is 11.4. The van der Waals surface area contributed by atoms with E-state index >= 15 is 0 Å². The molecule has 20 heavy (non-hydrogen) atoms. The van der Waals surface area contributed by atoms with Crippen molar-refractivity contribution in [2.45, 2.75) is 34.1 Å². The Labute approximate surface area is 121 Å². The molecule has 1 N–H and O–H groups in total. The zero-order valence-corrected chi connectivity index (χ0v) is 12.9. The van der Waals surface area contributed by atoms with Crippen molar-refractivity contribution in [2.24, 2.45) is 11.0 Å². The third-order valence-electron chi connectivity index (χ3n) is 3.02. The third kappa shape index (κ3) is 5.43. The van der Waals surface area contributed by atoms with Crippen LogP contribution in [0, 0.1) is 5.92 Å². The molecule has 1 aromatic carbocycles. The summed E-state index contributed by atoms with van der Waals surface area (Å²) < 4.78 is 0. The van der Waals surface area contributed by atoms with E-state index in [-0.39, 0.29) is 5.91 Å². The number of hydrogen-bond acceptors (Lipinski definition) is 3. The second kappa shape index (κ2) is 8.35. The maximum Gasteiger partial charge on any atom is 0.240 e. The quantitative estimate of drug-likeness (QED) is 0.614. The number of benzene rings is 1. The van der Waals surface area contributed by atoms with Crippen molar-refractivity contribution in [1.29, 1.82) is 0 Å². The first kappa shape index (κ1) is 16.2. The molecule has 0 heterocycles. The SMILES string of the molecule is CCN(CC)c1ccc(C=NNC(=O)CC(C)C)cc1. The molecular formula is C16H25N3O. The zero-order chi connectivity index (χ0) is 15.0. The van der Waals surface area contributed by atoms with Gasteiger partial charge in [0.25, 0.3) is 0 Å². The Balaban J connectivity index is 2.55. The average molecular weight is 275 g/mol. The Bertz CT molecular complexity index is 434. The van der Waals surface area contributed by atoms with E-state index in [0.29, 0.717) is 12.3 Å². The van der Waals surface area contributed by atoms with Gasteiger partial charge in [0.15, 0.2) is 0 Å². The van der Waals surface area contributed by atoms with Crippen molar-refractivity contribution in [3.05, 3.63) is 29.8 Å². The van der Waals surface area contributed by atoms with E-state index in [1.165, 1.54) is 5.69 Å². The lowest BCUT2D eigenvalue weighted by molar-refractivity contribution is -0.121. The fraction of sp³-hybridized carbons (Fsp3) is 0.500. The summed E-state index contributed by atoms with van der Waals surface area (Å²) in [4.78, 5) is 13.7. The van der Waals surface area contributed by atoms with E-state index < -0.39 is 0 Å². The Hall–Kier alpha value is -1.84. The second-order valence-corrected chi connectivity index (χ2v) is 5.15. The van der Waals surface area contributed by atoms with Gasteiger partial charge in [0.1, 0.15) is 0 Å². The highest BCUT2D eigenvalue weighted by Gasteiger charge is 2.03. The van der Waals surface area contributed by atoms with E-state index in [1.807, 2.05) is 26.0 Å². The van der Waals surface area contributed by atoms with Crippen molar-refractivity contribution in [1.82, 2.24) is 5.43 Å². The van der Waals surface area contributed by atoms with Gasteiger partial charge in [-0.15, -0.1) is 0 Å². The van der Waals surface area contributed by atoms with Crippen LogP contribution in [0.2, 0.25) is 0 Å². The van der Waals surface area contributed by atoms with Crippen molar-refractivity contribution in [2.75, 3.05) is 18.0 Å². The lowest BCUT2D eigenvalue weighted by atomic mass is 10.1. The number of rotatable bonds is 7. The maximum absolute atomic E-state index is 11.4. The van der Waals surface area contributed by atoms with Crippen LogP contribution in [-0.2, 0) is 4.79 Å². The van der Waals surface area contributed by atoms with Crippen molar-refractivity contribution < 1.29 is 4.79 Å². The van der Waals surface area contributed by atoms with Crippen molar-refractivity contribution in [3.63, 3.8) is 0 Å². The molecule has 4 heteroatoms. The van der Waals surface area contributed by atoms with Crippen LogP contribution < -0.4 is 10.3 Å². The molecule has 0 fully saturated rings. The van der Waals surface area contributed by atoms with Crippen LogP contribution in [0.15, 0.2) is 29.4 Å². The van der Waals surface area contributed by atoms with Crippen LogP contribution in [0.4, 0.5) is 5.69 Å². The van der Waals surface area contributed by atoms with Gasteiger partial charge in [0, 0.05) is 25.2 Å². The highest BCUT2D eigenvalue weighted by molar-refractivity contribution is 5.82. The number of amides is 1.